The van der Waals surface area contributed by atoms with Crippen LogP contribution in [0.2, 0.25) is 5.02 Å². The lowest BCUT2D eigenvalue weighted by molar-refractivity contribution is -0.384. The van der Waals surface area contributed by atoms with Gasteiger partial charge in [0.1, 0.15) is 5.02 Å². The Morgan fingerprint density at radius 2 is 2.11 bits per heavy atom. The summed E-state index contributed by atoms with van der Waals surface area (Å²) in [6, 6.07) is 12.0. The molecular weight excluding hydrogens is 408 g/mol. The minimum Gasteiger partial charge on any atom is -0.296 e. The minimum absolute atomic E-state index is 0.0256. The summed E-state index contributed by atoms with van der Waals surface area (Å²) in [7, 11) is 0. The molecule has 3 rings (SSSR count). The number of nitro groups is 1. The highest BCUT2D eigenvalue weighted by molar-refractivity contribution is 8.00. The van der Waals surface area contributed by atoms with Gasteiger partial charge in [0.25, 0.3) is 11.6 Å². The highest BCUT2D eigenvalue weighted by Gasteiger charge is 2.17. The second kappa shape index (κ2) is 8.47. The zero-order valence-electron chi connectivity index (χ0n) is 14.0. The van der Waals surface area contributed by atoms with Crippen molar-refractivity contribution in [2.75, 3.05) is 5.32 Å². The van der Waals surface area contributed by atoms with Gasteiger partial charge in [-0.25, -0.2) is 0 Å². The Hall–Kier alpha value is -2.49. The summed E-state index contributed by atoms with van der Waals surface area (Å²) in [5.74, 6) is 0.231. The number of thioether (sulfide) groups is 1. The number of anilines is 1. The zero-order valence-corrected chi connectivity index (χ0v) is 16.4. The fourth-order valence-corrected chi connectivity index (χ4v) is 4.11. The van der Waals surface area contributed by atoms with E-state index in [1.807, 2.05) is 25.1 Å². The SMILES string of the molecule is Cc1cccc(CSc2nnc(NC(=O)c3ccc(Cl)c([N+](=O)[O-])c3)s2)c1. The van der Waals surface area contributed by atoms with Gasteiger partial charge >= 0.3 is 0 Å². The number of nitro benzene ring substituents is 1. The molecule has 0 aliphatic carbocycles. The van der Waals surface area contributed by atoms with Crippen LogP contribution in [0.3, 0.4) is 0 Å². The average molecular weight is 421 g/mol. The molecule has 27 heavy (non-hydrogen) atoms. The molecule has 1 amide bonds. The summed E-state index contributed by atoms with van der Waals surface area (Å²) in [6.45, 7) is 2.04. The van der Waals surface area contributed by atoms with Crippen LogP contribution in [0.15, 0.2) is 46.8 Å². The maximum atomic E-state index is 12.3. The van der Waals surface area contributed by atoms with E-state index in [9.17, 15) is 14.9 Å². The molecule has 0 atom stereocenters. The number of carbonyl (C=O) groups is 1. The summed E-state index contributed by atoms with van der Waals surface area (Å²) in [4.78, 5) is 22.6. The third-order valence-electron chi connectivity index (χ3n) is 3.48. The Morgan fingerprint density at radius 3 is 2.85 bits per heavy atom. The number of benzene rings is 2. The number of hydrogen-bond acceptors (Lipinski definition) is 7. The monoisotopic (exact) mass is 420 g/mol. The average Bonchev–Trinajstić information content (AvgIpc) is 3.07. The molecule has 1 aromatic heterocycles. The van der Waals surface area contributed by atoms with E-state index in [2.05, 4.69) is 21.6 Å². The Kier molecular flexibility index (Phi) is 6.04. The number of aryl methyl sites for hydroxylation is 1. The smallest absolute Gasteiger partial charge is 0.288 e. The highest BCUT2D eigenvalue weighted by Crippen LogP contribution is 2.29. The van der Waals surface area contributed by atoms with E-state index in [1.165, 1.54) is 46.4 Å². The van der Waals surface area contributed by atoms with Crippen LogP contribution < -0.4 is 5.32 Å². The van der Waals surface area contributed by atoms with Crippen molar-refractivity contribution in [1.82, 2.24) is 10.2 Å². The van der Waals surface area contributed by atoms with Crippen LogP contribution in [0, 0.1) is 17.0 Å². The van der Waals surface area contributed by atoms with Crippen molar-refractivity contribution in [2.24, 2.45) is 0 Å². The largest absolute Gasteiger partial charge is 0.296 e. The van der Waals surface area contributed by atoms with E-state index in [-0.39, 0.29) is 16.3 Å². The Bertz CT molecular complexity index is 1010. The summed E-state index contributed by atoms with van der Waals surface area (Å²) in [5, 5.41) is 21.8. The van der Waals surface area contributed by atoms with Crippen molar-refractivity contribution in [3.8, 4) is 0 Å². The normalized spacial score (nSPS) is 10.6. The van der Waals surface area contributed by atoms with Crippen molar-refractivity contribution in [1.29, 1.82) is 0 Å². The number of nitrogens with zero attached hydrogens (tertiary/aromatic N) is 3. The van der Waals surface area contributed by atoms with Crippen LogP contribution in [-0.2, 0) is 5.75 Å². The van der Waals surface area contributed by atoms with Gasteiger partial charge in [-0.15, -0.1) is 10.2 Å². The van der Waals surface area contributed by atoms with Gasteiger partial charge in [-0.3, -0.25) is 20.2 Å². The van der Waals surface area contributed by atoms with Gasteiger partial charge < -0.3 is 0 Å². The first-order valence-corrected chi connectivity index (χ1v) is 9.87. The first-order valence-electron chi connectivity index (χ1n) is 7.69. The van der Waals surface area contributed by atoms with Crippen molar-refractivity contribution < 1.29 is 9.72 Å². The summed E-state index contributed by atoms with van der Waals surface area (Å²) >= 11 is 8.52. The fraction of sp³-hybridized carbons (Fsp3) is 0.118. The van der Waals surface area contributed by atoms with Crippen molar-refractivity contribution in [3.63, 3.8) is 0 Å². The summed E-state index contributed by atoms with van der Waals surface area (Å²) in [6.07, 6.45) is 0. The molecule has 0 saturated carbocycles. The number of nitrogens with one attached hydrogen (secondary N) is 1. The van der Waals surface area contributed by atoms with E-state index in [1.54, 1.807) is 0 Å². The summed E-state index contributed by atoms with van der Waals surface area (Å²) < 4.78 is 0.717. The maximum absolute atomic E-state index is 12.3. The maximum Gasteiger partial charge on any atom is 0.288 e. The lowest BCUT2D eigenvalue weighted by Crippen LogP contribution is -2.12. The van der Waals surface area contributed by atoms with E-state index in [4.69, 9.17) is 11.6 Å². The number of hydrogen-bond donors (Lipinski definition) is 1. The van der Waals surface area contributed by atoms with Gasteiger partial charge in [0.05, 0.1) is 4.92 Å². The third-order valence-corrected chi connectivity index (χ3v) is 5.84. The number of aromatic nitrogens is 2. The molecule has 0 aliphatic rings. The molecule has 0 saturated heterocycles. The molecule has 7 nitrogen and oxygen atoms in total. The highest BCUT2D eigenvalue weighted by atomic mass is 35.5. The van der Waals surface area contributed by atoms with E-state index >= 15 is 0 Å². The Balaban J connectivity index is 1.64. The lowest BCUT2D eigenvalue weighted by atomic mass is 10.2. The van der Waals surface area contributed by atoms with Crippen LogP contribution in [-0.4, -0.2) is 21.0 Å². The van der Waals surface area contributed by atoms with Crippen molar-refractivity contribution >= 4 is 51.4 Å². The third kappa shape index (κ3) is 5.03. The van der Waals surface area contributed by atoms with Gasteiger partial charge in [0.2, 0.25) is 5.13 Å². The van der Waals surface area contributed by atoms with Crippen LogP contribution in [0.5, 0.6) is 0 Å². The van der Waals surface area contributed by atoms with Gasteiger partial charge in [0, 0.05) is 17.4 Å². The van der Waals surface area contributed by atoms with Crippen molar-refractivity contribution in [3.05, 3.63) is 74.3 Å². The number of rotatable bonds is 6. The minimum atomic E-state index is -0.635. The second-order valence-corrected chi connectivity index (χ2v) is 8.14. The molecule has 3 aromatic rings. The van der Waals surface area contributed by atoms with Gasteiger partial charge in [-0.2, -0.15) is 0 Å². The molecule has 10 heteroatoms. The Morgan fingerprint density at radius 1 is 1.30 bits per heavy atom. The van der Waals surface area contributed by atoms with Crippen molar-refractivity contribution in [2.45, 2.75) is 17.0 Å². The lowest BCUT2D eigenvalue weighted by Gasteiger charge is -2.02. The standard InChI is InChI=1S/C17H13ClN4O3S2/c1-10-3-2-4-11(7-10)9-26-17-21-20-16(27-17)19-15(23)12-5-6-13(18)14(8-12)22(24)25/h2-8H,9H2,1H3,(H,19,20,23). The predicted molar refractivity (Wildman–Crippen MR) is 107 cm³/mol. The molecule has 0 aliphatic heterocycles. The molecule has 0 radical (unpaired) electrons. The van der Waals surface area contributed by atoms with Crippen LogP contribution >= 0.6 is 34.7 Å². The molecule has 138 valence electrons. The molecule has 1 heterocycles. The first kappa shape index (κ1) is 19.3. The molecule has 0 spiro atoms. The van der Waals surface area contributed by atoms with E-state index < -0.39 is 10.8 Å². The van der Waals surface area contributed by atoms with Gasteiger partial charge in [-0.1, -0.05) is 64.5 Å². The van der Waals surface area contributed by atoms with E-state index in [0.29, 0.717) is 9.47 Å². The van der Waals surface area contributed by atoms with Gasteiger partial charge in [-0.05, 0) is 24.6 Å². The molecule has 1 N–H and O–H groups in total. The molecule has 2 aromatic carbocycles. The van der Waals surface area contributed by atoms with E-state index in [0.717, 1.165) is 11.8 Å². The number of halogens is 1. The predicted octanol–water partition coefficient (Wildman–Crippen LogP) is 4.95. The van der Waals surface area contributed by atoms with Crippen LogP contribution in [0.1, 0.15) is 21.5 Å². The molecule has 0 bridgehead atoms. The second-order valence-electron chi connectivity index (χ2n) is 5.53. The molecule has 0 fully saturated rings. The number of amides is 1. The van der Waals surface area contributed by atoms with Crippen LogP contribution in [0.25, 0.3) is 0 Å². The van der Waals surface area contributed by atoms with Crippen LogP contribution in [0.4, 0.5) is 10.8 Å². The van der Waals surface area contributed by atoms with Gasteiger partial charge in [0.15, 0.2) is 4.34 Å². The number of carbonyl (C=O) groups excluding carboxylic acids is 1. The summed E-state index contributed by atoms with van der Waals surface area (Å²) in [5.41, 5.74) is 2.16. The quantitative estimate of drug-likeness (QED) is 0.262. The first-order chi connectivity index (χ1) is 12.9. The fourth-order valence-electron chi connectivity index (χ4n) is 2.23. The zero-order chi connectivity index (χ0) is 19.4. The topological polar surface area (TPSA) is 98.0 Å². The Labute approximate surface area is 167 Å². The molecular formula is C17H13ClN4O3S2. The molecule has 0 unspecified atom stereocenters.